The lowest BCUT2D eigenvalue weighted by Gasteiger charge is -2.23. The van der Waals surface area contributed by atoms with Crippen molar-refractivity contribution in [1.82, 2.24) is 4.90 Å². The summed E-state index contributed by atoms with van der Waals surface area (Å²) in [5.74, 6) is 0.211. The summed E-state index contributed by atoms with van der Waals surface area (Å²) >= 11 is 3.40. The minimum Gasteiger partial charge on any atom is -0.324 e. The van der Waals surface area contributed by atoms with Gasteiger partial charge in [-0.2, -0.15) is 0 Å². The summed E-state index contributed by atoms with van der Waals surface area (Å²) in [7, 11) is -1.36. The Morgan fingerprint density at radius 1 is 1.45 bits per heavy atom. The predicted octanol–water partition coefficient (Wildman–Crippen LogP) is 2.41. The third-order valence-electron chi connectivity index (χ3n) is 3.49. The van der Waals surface area contributed by atoms with Crippen molar-refractivity contribution < 1.29 is 13.2 Å². The number of nitrogens with zero attached hydrogens (tertiary/aromatic N) is 1. The highest BCUT2D eigenvalue weighted by molar-refractivity contribution is 9.10. The number of rotatable bonds is 2. The number of carbonyl (C=O) groups is 1. The maximum Gasteiger partial charge on any atom is 0.321 e. The van der Waals surface area contributed by atoms with E-state index in [4.69, 9.17) is 0 Å². The van der Waals surface area contributed by atoms with E-state index in [1.54, 1.807) is 13.1 Å². The number of amides is 2. The Bertz CT molecular complexity index is 631. The first-order chi connectivity index (χ1) is 9.28. The monoisotopic (exact) mass is 360 g/mol. The summed E-state index contributed by atoms with van der Waals surface area (Å²) in [6.45, 7) is 1.94. The quantitative estimate of drug-likeness (QED) is 0.880. The molecule has 0 saturated carbocycles. The smallest absolute Gasteiger partial charge is 0.321 e. The molecule has 0 aliphatic carbocycles. The SMILES string of the molecule is Cc1cc(NC(=O)N(C)C2CCS(=O)(=O)C2)ccc1Br. The maximum atomic E-state index is 12.1. The van der Waals surface area contributed by atoms with Gasteiger partial charge in [0.2, 0.25) is 0 Å². The van der Waals surface area contributed by atoms with Crippen LogP contribution in [0, 0.1) is 6.92 Å². The van der Waals surface area contributed by atoms with Crippen molar-refractivity contribution >= 4 is 37.5 Å². The lowest BCUT2D eigenvalue weighted by atomic mass is 10.2. The zero-order valence-electron chi connectivity index (χ0n) is 11.4. The Labute approximate surface area is 127 Å². The predicted molar refractivity (Wildman–Crippen MR) is 82.7 cm³/mol. The van der Waals surface area contributed by atoms with Crippen LogP contribution in [0.2, 0.25) is 0 Å². The van der Waals surface area contributed by atoms with Gasteiger partial charge in [0.15, 0.2) is 9.84 Å². The van der Waals surface area contributed by atoms with Crippen molar-refractivity contribution in [3.63, 3.8) is 0 Å². The van der Waals surface area contributed by atoms with Crippen LogP contribution >= 0.6 is 15.9 Å². The van der Waals surface area contributed by atoms with Gasteiger partial charge < -0.3 is 10.2 Å². The Hall–Kier alpha value is -1.08. The van der Waals surface area contributed by atoms with E-state index in [1.807, 2.05) is 19.1 Å². The highest BCUT2D eigenvalue weighted by Crippen LogP contribution is 2.21. The second-order valence-corrected chi connectivity index (χ2v) is 8.14. The number of halogens is 1. The Balaban J connectivity index is 2.02. The molecule has 110 valence electrons. The van der Waals surface area contributed by atoms with E-state index >= 15 is 0 Å². The van der Waals surface area contributed by atoms with Crippen molar-refractivity contribution in [2.24, 2.45) is 0 Å². The first kappa shape index (κ1) is 15.3. The number of carbonyl (C=O) groups excluding carboxylic acids is 1. The largest absolute Gasteiger partial charge is 0.324 e. The number of sulfone groups is 1. The first-order valence-corrected chi connectivity index (χ1v) is 8.90. The molecule has 7 heteroatoms. The van der Waals surface area contributed by atoms with Gasteiger partial charge in [-0.1, -0.05) is 15.9 Å². The van der Waals surface area contributed by atoms with Crippen LogP contribution < -0.4 is 5.32 Å². The average Bonchev–Trinajstić information content (AvgIpc) is 2.73. The summed E-state index contributed by atoms with van der Waals surface area (Å²) in [5.41, 5.74) is 1.72. The van der Waals surface area contributed by atoms with Crippen molar-refractivity contribution in [2.75, 3.05) is 23.9 Å². The standard InChI is InChI=1S/C13H17BrN2O3S/c1-9-7-10(3-4-12(9)14)15-13(17)16(2)11-5-6-20(18,19)8-11/h3-4,7,11H,5-6,8H2,1-2H3,(H,15,17). The topological polar surface area (TPSA) is 66.5 Å². The van der Waals surface area contributed by atoms with Gasteiger partial charge in [-0.3, -0.25) is 0 Å². The highest BCUT2D eigenvalue weighted by Gasteiger charge is 2.32. The van der Waals surface area contributed by atoms with Crippen LogP contribution in [-0.2, 0) is 9.84 Å². The average molecular weight is 361 g/mol. The molecule has 1 atom stereocenters. The number of urea groups is 1. The van der Waals surface area contributed by atoms with Gasteiger partial charge in [-0.25, -0.2) is 13.2 Å². The van der Waals surface area contributed by atoms with Crippen molar-refractivity contribution in [2.45, 2.75) is 19.4 Å². The van der Waals surface area contributed by atoms with E-state index < -0.39 is 9.84 Å². The molecule has 1 aromatic rings. The second-order valence-electron chi connectivity index (χ2n) is 5.06. The van der Waals surface area contributed by atoms with E-state index in [0.29, 0.717) is 12.1 Å². The van der Waals surface area contributed by atoms with E-state index in [9.17, 15) is 13.2 Å². The van der Waals surface area contributed by atoms with Crippen LogP contribution in [0.4, 0.5) is 10.5 Å². The number of anilines is 1. The van der Waals surface area contributed by atoms with Crippen molar-refractivity contribution in [1.29, 1.82) is 0 Å². The normalized spacial score (nSPS) is 20.6. The molecule has 1 aliphatic heterocycles. The first-order valence-electron chi connectivity index (χ1n) is 6.29. The molecule has 1 N–H and O–H groups in total. The molecule has 2 amide bonds. The van der Waals surface area contributed by atoms with Crippen LogP contribution in [-0.4, -0.2) is 43.9 Å². The third-order valence-corrected chi connectivity index (χ3v) is 6.13. The zero-order valence-corrected chi connectivity index (χ0v) is 13.8. The van der Waals surface area contributed by atoms with Crippen LogP contribution in [0.3, 0.4) is 0 Å². The summed E-state index contributed by atoms with van der Waals surface area (Å²) in [6, 6.07) is 5.01. The molecule has 0 spiro atoms. The molecule has 5 nitrogen and oxygen atoms in total. The van der Waals surface area contributed by atoms with Gasteiger partial charge in [0.25, 0.3) is 0 Å². The molecule has 1 saturated heterocycles. The minimum absolute atomic E-state index is 0.0519. The maximum absolute atomic E-state index is 12.1. The molecule has 20 heavy (non-hydrogen) atoms. The van der Waals surface area contributed by atoms with E-state index in [2.05, 4.69) is 21.2 Å². The molecular weight excluding hydrogens is 344 g/mol. The van der Waals surface area contributed by atoms with E-state index in [0.717, 1.165) is 10.0 Å². The van der Waals surface area contributed by atoms with Crippen LogP contribution in [0.15, 0.2) is 22.7 Å². The van der Waals surface area contributed by atoms with Gasteiger partial charge in [0.05, 0.1) is 11.5 Å². The summed E-state index contributed by atoms with van der Waals surface area (Å²) in [5, 5.41) is 2.79. The van der Waals surface area contributed by atoms with Gasteiger partial charge in [0, 0.05) is 23.2 Å². The Morgan fingerprint density at radius 3 is 2.70 bits per heavy atom. The second kappa shape index (κ2) is 5.73. The molecule has 1 unspecified atom stereocenters. The fourth-order valence-corrected chi connectivity index (χ4v) is 4.20. The number of hydrogen-bond donors (Lipinski definition) is 1. The van der Waals surface area contributed by atoms with Gasteiger partial charge in [-0.15, -0.1) is 0 Å². The zero-order chi connectivity index (χ0) is 14.9. The number of nitrogens with one attached hydrogen (secondary N) is 1. The molecule has 1 aliphatic rings. The fraction of sp³-hybridized carbons (Fsp3) is 0.462. The number of aryl methyl sites for hydroxylation is 1. The molecule has 1 heterocycles. The van der Waals surface area contributed by atoms with Gasteiger partial charge >= 0.3 is 6.03 Å². The lowest BCUT2D eigenvalue weighted by molar-refractivity contribution is 0.209. The fourth-order valence-electron chi connectivity index (χ4n) is 2.18. The van der Waals surface area contributed by atoms with Gasteiger partial charge in [-0.05, 0) is 37.1 Å². The molecule has 1 aromatic carbocycles. The number of hydrogen-bond acceptors (Lipinski definition) is 3. The number of benzene rings is 1. The van der Waals surface area contributed by atoms with Crippen LogP contribution in [0.1, 0.15) is 12.0 Å². The van der Waals surface area contributed by atoms with Crippen LogP contribution in [0.5, 0.6) is 0 Å². The van der Waals surface area contributed by atoms with Crippen molar-refractivity contribution in [3.8, 4) is 0 Å². The third kappa shape index (κ3) is 3.52. The highest BCUT2D eigenvalue weighted by atomic mass is 79.9. The molecule has 0 bridgehead atoms. The van der Waals surface area contributed by atoms with Gasteiger partial charge in [0.1, 0.15) is 0 Å². The van der Waals surface area contributed by atoms with Crippen molar-refractivity contribution in [3.05, 3.63) is 28.2 Å². The van der Waals surface area contributed by atoms with E-state index in [1.165, 1.54) is 4.90 Å². The van der Waals surface area contributed by atoms with E-state index in [-0.39, 0.29) is 23.6 Å². The molecule has 0 aromatic heterocycles. The molecular formula is C13H17BrN2O3S. The molecule has 1 fully saturated rings. The molecule has 2 rings (SSSR count). The Kier molecular flexibility index (Phi) is 4.39. The summed E-state index contributed by atoms with van der Waals surface area (Å²) in [4.78, 5) is 13.6. The van der Waals surface area contributed by atoms with Crippen LogP contribution in [0.25, 0.3) is 0 Å². The lowest BCUT2D eigenvalue weighted by Crippen LogP contribution is -2.40. The summed E-state index contributed by atoms with van der Waals surface area (Å²) in [6.07, 6.45) is 0.506. The Morgan fingerprint density at radius 2 is 2.15 bits per heavy atom. The minimum atomic E-state index is -2.99. The molecule has 0 radical (unpaired) electrons. The summed E-state index contributed by atoms with van der Waals surface area (Å²) < 4.78 is 23.9.